The van der Waals surface area contributed by atoms with Gasteiger partial charge < -0.3 is 0 Å². The summed E-state index contributed by atoms with van der Waals surface area (Å²) >= 11 is 3.83. The summed E-state index contributed by atoms with van der Waals surface area (Å²) in [7, 11) is 0. The number of aryl methyl sites for hydroxylation is 2. The third kappa shape index (κ3) is 3.79. The zero-order valence-corrected chi connectivity index (χ0v) is 24.5. The number of hydrogen-bond acceptors (Lipinski definition) is 0. The Bertz CT molecular complexity index is 1410. The SMILES string of the molecule is Cc1ccccc1C1(c2cc(Br)ccc2C)c2cc(C(C)(C)C)ccc2-c2ccc(C(C)(C)C)cc21. The molecule has 5 rings (SSSR count). The van der Waals surface area contributed by atoms with Gasteiger partial charge in [-0.2, -0.15) is 0 Å². The molecule has 0 nitrogen and oxygen atoms in total. The molecule has 0 spiro atoms. The Hall–Kier alpha value is -2.64. The first kappa shape index (κ1) is 25.0. The van der Waals surface area contributed by atoms with E-state index in [1.807, 2.05) is 0 Å². The lowest BCUT2D eigenvalue weighted by atomic mass is 9.64. The van der Waals surface area contributed by atoms with E-state index in [1.165, 1.54) is 55.6 Å². The monoisotopic (exact) mass is 536 g/mol. The third-order valence-corrected chi connectivity index (χ3v) is 8.52. The van der Waals surface area contributed by atoms with Crippen molar-refractivity contribution >= 4 is 15.9 Å². The van der Waals surface area contributed by atoms with Crippen LogP contribution in [0.15, 0.2) is 83.3 Å². The molecule has 0 saturated carbocycles. The molecule has 1 aliphatic carbocycles. The Morgan fingerprint density at radius 2 is 1.03 bits per heavy atom. The molecule has 1 aliphatic rings. The molecule has 4 aromatic carbocycles. The van der Waals surface area contributed by atoms with E-state index in [2.05, 4.69) is 150 Å². The molecule has 0 unspecified atom stereocenters. The van der Waals surface area contributed by atoms with Crippen LogP contribution in [-0.4, -0.2) is 0 Å². The summed E-state index contributed by atoms with van der Waals surface area (Å²) in [5.74, 6) is 0. The molecular weight excluding hydrogens is 500 g/mol. The van der Waals surface area contributed by atoms with E-state index in [9.17, 15) is 0 Å². The highest BCUT2D eigenvalue weighted by Crippen LogP contribution is 2.58. The van der Waals surface area contributed by atoms with Crippen LogP contribution in [0.4, 0.5) is 0 Å². The Labute approximate surface area is 225 Å². The van der Waals surface area contributed by atoms with Gasteiger partial charge in [-0.3, -0.25) is 0 Å². The van der Waals surface area contributed by atoms with Crippen LogP contribution in [0.1, 0.15) is 86.1 Å². The van der Waals surface area contributed by atoms with Gasteiger partial charge in [0.2, 0.25) is 0 Å². The minimum atomic E-state index is -0.396. The normalized spacial score (nSPS) is 14.5. The van der Waals surface area contributed by atoms with Crippen LogP contribution in [0.25, 0.3) is 11.1 Å². The van der Waals surface area contributed by atoms with Crippen LogP contribution in [0.2, 0.25) is 0 Å². The number of benzene rings is 4. The summed E-state index contributed by atoms with van der Waals surface area (Å²) in [5.41, 5.74) is 13.3. The fourth-order valence-corrected chi connectivity index (χ4v) is 6.34. The lowest BCUT2D eigenvalue weighted by molar-refractivity contribution is 0.586. The molecule has 0 aromatic heterocycles. The van der Waals surface area contributed by atoms with Gasteiger partial charge in [-0.1, -0.05) is 124 Å². The highest BCUT2D eigenvalue weighted by Gasteiger charge is 2.48. The standard InChI is InChI=1S/C35H37Br/c1-22-11-9-10-12-29(22)35(30-21-26(36)16-13-23(30)2)31-19-24(33(3,4)5)14-17-27(31)28-18-15-25(20-32(28)35)34(6,7)8/h9-21H,1-8H3. The maximum Gasteiger partial charge on any atom is 0.0719 e. The highest BCUT2D eigenvalue weighted by molar-refractivity contribution is 9.10. The van der Waals surface area contributed by atoms with Crippen molar-refractivity contribution < 1.29 is 0 Å². The van der Waals surface area contributed by atoms with Gasteiger partial charge in [-0.15, -0.1) is 0 Å². The number of halogens is 1. The van der Waals surface area contributed by atoms with E-state index in [0.29, 0.717) is 0 Å². The molecular formula is C35H37Br. The molecule has 1 heteroatoms. The lowest BCUT2D eigenvalue weighted by Gasteiger charge is -2.37. The molecule has 36 heavy (non-hydrogen) atoms. The van der Waals surface area contributed by atoms with Crippen molar-refractivity contribution in [3.8, 4) is 11.1 Å². The van der Waals surface area contributed by atoms with E-state index in [0.717, 1.165) is 4.47 Å². The minimum absolute atomic E-state index is 0.0597. The fraction of sp³-hybridized carbons (Fsp3) is 0.314. The van der Waals surface area contributed by atoms with Crippen LogP contribution in [0.3, 0.4) is 0 Å². The fourth-order valence-electron chi connectivity index (χ4n) is 5.97. The second kappa shape index (κ2) is 8.45. The third-order valence-electron chi connectivity index (χ3n) is 8.02. The van der Waals surface area contributed by atoms with Crippen molar-refractivity contribution in [2.24, 2.45) is 0 Å². The predicted molar refractivity (Wildman–Crippen MR) is 158 cm³/mol. The molecule has 0 bridgehead atoms. The molecule has 184 valence electrons. The molecule has 0 amide bonds. The molecule has 4 aromatic rings. The molecule has 0 aliphatic heterocycles. The molecule has 0 saturated heterocycles. The second-order valence-electron chi connectivity index (χ2n) is 12.5. The molecule has 0 fully saturated rings. The van der Waals surface area contributed by atoms with Crippen LogP contribution >= 0.6 is 15.9 Å². The van der Waals surface area contributed by atoms with Gasteiger partial charge in [0.25, 0.3) is 0 Å². The van der Waals surface area contributed by atoms with Crippen molar-refractivity contribution in [1.82, 2.24) is 0 Å². The summed E-state index contributed by atoms with van der Waals surface area (Å²) in [6.45, 7) is 18.4. The van der Waals surface area contributed by atoms with E-state index in [4.69, 9.17) is 0 Å². The second-order valence-corrected chi connectivity index (χ2v) is 13.5. The van der Waals surface area contributed by atoms with Crippen molar-refractivity contribution in [2.45, 2.75) is 71.6 Å². The average molecular weight is 538 g/mol. The summed E-state index contributed by atoms with van der Waals surface area (Å²) in [6, 6.07) is 30.2. The topological polar surface area (TPSA) is 0 Å². The summed E-state index contributed by atoms with van der Waals surface area (Å²) in [5, 5.41) is 0. The van der Waals surface area contributed by atoms with E-state index < -0.39 is 5.41 Å². The van der Waals surface area contributed by atoms with E-state index in [1.54, 1.807) is 0 Å². The van der Waals surface area contributed by atoms with Crippen LogP contribution < -0.4 is 0 Å². The average Bonchev–Trinajstić information content (AvgIpc) is 3.09. The maximum absolute atomic E-state index is 3.83. The zero-order chi connectivity index (χ0) is 26.0. The van der Waals surface area contributed by atoms with Crippen LogP contribution in [0.5, 0.6) is 0 Å². The molecule has 0 heterocycles. The van der Waals surface area contributed by atoms with Gasteiger partial charge in [0.15, 0.2) is 0 Å². The first-order valence-corrected chi connectivity index (χ1v) is 13.8. The number of rotatable bonds is 2. The first-order chi connectivity index (χ1) is 16.8. The Morgan fingerprint density at radius 1 is 0.528 bits per heavy atom. The maximum atomic E-state index is 3.83. The van der Waals surface area contributed by atoms with Gasteiger partial charge in [0, 0.05) is 4.47 Å². The van der Waals surface area contributed by atoms with Crippen molar-refractivity contribution in [2.75, 3.05) is 0 Å². The van der Waals surface area contributed by atoms with E-state index >= 15 is 0 Å². The summed E-state index contributed by atoms with van der Waals surface area (Å²) in [4.78, 5) is 0. The number of fused-ring (bicyclic) bond motifs is 3. The smallest absolute Gasteiger partial charge is 0.0620 e. The van der Waals surface area contributed by atoms with Gasteiger partial charge in [0.1, 0.15) is 0 Å². The Balaban J connectivity index is 2.04. The molecule has 0 radical (unpaired) electrons. The van der Waals surface area contributed by atoms with Crippen LogP contribution in [0, 0.1) is 13.8 Å². The zero-order valence-electron chi connectivity index (χ0n) is 22.9. The minimum Gasteiger partial charge on any atom is -0.0620 e. The number of hydrogen-bond donors (Lipinski definition) is 0. The predicted octanol–water partition coefficient (Wildman–Crippen LogP) is 10.0. The van der Waals surface area contributed by atoms with Gasteiger partial charge >= 0.3 is 0 Å². The van der Waals surface area contributed by atoms with Crippen molar-refractivity contribution in [3.05, 3.63) is 128 Å². The highest BCUT2D eigenvalue weighted by atomic mass is 79.9. The Morgan fingerprint density at radius 3 is 1.53 bits per heavy atom. The molecule has 0 N–H and O–H groups in total. The van der Waals surface area contributed by atoms with Gasteiger partial charge in [-0.05, 0) is 92.4 Å². The van der Waals surface area contributed by atoms with Gasteiger partial charge in [-0.25, -0.2) is 0 Å². The lowest BCUT2D eigenvalue weighted by Crippen LogP contribution is -2.31. The summed E-state index contributed by atoms with van der Waals surface area (Å²) in [6.07, 6.45) is 0. The van der Waals surface area contributed by atoms with Gasteiger partial charge in [0.05, 0.1) is 5.41 Å². The van der Waals surface area contributed by atoms with E-state index in [-0.39, 0.29) is 10.8 Å². The Kier molecular flexibility index (Phi) is 5.88. The van der Waals surface area contributed by atoms with Crippen molar-refractivity contribution in [3.63, 3.8) is 0 Å². The quantitative estimate of drug-likeness (QED) is 0.210. The molecule has 0 atom stereocenters. The van der Waals surface area contributed by atoms with Crippen LogP contribution in [-0.2, 0) is 16.2 Å². The largest absolute Gasteiger partial charge is 0.0719 e. The van der Waals surface area contributed by atoms with Crippen molar-refractivity contribution in [1.29, 1.82) is 0 Å². The first-order valence-electron chi connectivity index (χ1n) is 13.0. The summed E-state index contributed by atoms with van der Waals surface area (Å²) < 4.78 is 1.12.